The third kappa shape index (κ3) is 12.9. The smallest absolute Gasteiger partial charge is 0.132 e. The molecule has 0 amide bonds. The minimum absolute atomic E-state index is 0.448. The van der Waals surface area contributed by atoms with Crippen LogP contribution in [-0.4, -0.2) is 36.2 Å². The van der Waals surface area contributed by atoms with Crippen LogP contribution in [-0.2, 0) is 4.79 Å². The van der Waals surface area contributed by atoms with Gasteiger partial charge in [0.15, 0.2) is 0 Å². The average molecular weight is 389 g/mol. The van der Waals surface area contributed by atoms with Crippen LogP contribution in [0.25, 0.3) is 0 Å². The zero-order valence-electron chi connectivity index (χ0n) is 18.3. The quantitative estimate of drug-likeness (QED) is 0.168. The number of aliphatic imine (C=N–C) groups is 1. The molecule has 0 aromatic carbocycles. The summed E-state index contributed by atoms with van der Waals surface area (Å²) in [6.07, 6.45) is 22.4. The van der Waals surface area contributed by atoms with Gasteiger partial charge >= 0.3 is 0 Å². The van der Waals surface area contributed by atoms with E-state index in [-0.39, 0.29) is 0 Å². The number of hydrogen-bond acceptors (Lipinski definition) is 3. The lowest BCUT2D eigenvalue weighted by atomic mass is 10.1. The Morgan fingerprint density at radius 1 is 0.821 bits per heavy atom. The second-order valence-corrected chi connectivity index (χ2v) is 8.12. The largest absolute Gasteiger partial charge is 0.359 e. The Hall–Kier alpha value is -1.38. The van der Waals surface area contributed by atoms with Crippen LogP contribution in [0.2, 0.25) is 0 Å². The van der Waals surface area contributed by atoms with E-state index in [9.17, 15) is 4.79 Å². The van der Waals surface area contributed by atoms with Crippen molar-refractivity contribution in [1.29, 1.82) is 0 Å². The number of unbranched alkanes of at least 4 members (excludes halogenated alkanes) is 10. The van der Waals surface area contributed by atoms with Crippen molar-refractivity contribution < 1.29 is 4.79 Å². The van der Waals surface area contributed by atoms with Gasteiger partial charge in [0, 0.05) is 32.4 Å². The van der Waals surface area contributed by atoms with Crippen molar-refractivity contribution >= 4 is 11.6 Å². The lowest BCUT2D eigenvalue weighted by Gasteiger charge is -2.20. The number of rotatable bonds is 20. The molecule has 0 unspecified atom stereocenters. The number of amidine groups is 1. The Morgan fingerprint density at radius 2 is 1.39 bits per heavy atom. The summed E-state index contributed by atoms with van der Waals surface area (Å²) in [4.78, 5) is 19.2. The van der Waals surface area contributed by atoms with E-state index < -0.39 is 0 Å². The molecule has 3 heteroatoms. The molecule has 160 valence electrons. The molecule has 0 bridgehead atoms. The molecule has 0 aliphatic carbocycles. The SMILES string of the molecule is C=CCCCCCCCC(=O)CCCN1CCN=C1CCCCCCCC=C. The van der Waals surface area contributed by atoms with Crippen molar-refractivity contribution in [3.05, 3.63) is 25.3 Å². The van der Waals surface area contributed by atoms with E-state index in [0.29, 0.717) is 5.78 Å². The number of nitrogens with zero attached hydrogens (tertiary/aromatic N) is 2. The number of Topliss-reactive ketones (excluding diaryl/α,β-unsaturated/α-hetero) is 1. The van der Waals surface area contributed by atoms with Crippen molar-refractivity contribution in [3.8, 4) is 0 Å². The van der Waals surface area contributed by atoms with Crippen LogP contribution < -0.4 is 0 Å². The summed E-state index contributed by atoms with van der Waals surface area (Å²) < 4.78 is 0. The van der Waals surface area contributed by atoms with E-state index in [0.717, 1.165) is 64.6 Å². The molecule has 0 atom stereocenters. The Labute approximate surface area is 174 Å². The summed E-state index contributed by atoms with van der Waals surface area (Å²) in [5.74, 6) is 1.74. The fraction of sp³-hybridized carbons (Fsp3) is 0.760. The topological polar surface area (TPSA) is 32.7 Å². The summed E-state index contributed by atoms with van der Waals surface area (Å²) in [7, 11) is 0. The Morgan fingerprint density at radius 3 is 2.07 bits per heavy atom. The Bertz CT molecular complexity index is 455. The maximum atomic E-state index is 12.1. The van der Waals surface area contributed by atoms with Crippen LogP contribution in [0.1, 0.15) is 103 Å². The van der Waals surface area contributed by atoms with Gasteiger partial charge in [0.2, 0.25) is 0 Å². The first-order chi connectivity index (χ1) is 13.8. The van der Waals surface area contributed by atoms with Gasteiger partial charge in [-0.1, -0.05) is 50.7 Å². The summed E-state index contributed by atoms with van der Waals surface area (Å²) in [5, 5.41) is 0. The molecule has 0 fully saturated rings. The first-order valence-electron chi connectivity index (χ1n) is 11.8. The third-order valence-electron chi connectivity index (χ3n) is 5.59. The van der Waals surface area contributed by atoms with Crippen molar-refractivity contribution in [2.45, 2.75) is 103 Å². The van der Waals surface area contributed by atoms with Gasteiger partial charge in [-0.2, -0.15) is 0 Å². The highest BCUT2D eigenvalue weighted by molar-refractivity contribution is 5.83. The van der Waals surface area contributed by atoms with E-state index in [1.54, 1.807) is 0 Å². The molecule has 1 heterocycles. The van der Waals surface area contributed by atoms with Gasteiger partial charge in [0.05, 0.1) is 12.4 Å². The van der Waals surface area contributed by atoms with E-state index in [4.69, 9.17) is 4.99 Å². The summed E-state index contributed by atoms with van der Waals surface area (Å²) in [6, 6.07) is 0. The van der Waals surface area contributed by atoms with Gasteiger partial charge < -0.3 is 4.90 Å². The Balaban J connectivity index is 2.00. The van der Waals surface area contributed by atoms with Crippen molar-refractivity contribution in [2.75, 3.05) is 19.6 Å². The van der Waals surface area contributed by atoms with Gasteiger partial charge in [-0.05, 0) is 44.9 Å². The number of ketones is 1. The highest BCUT2D eigenvalue weighted by Gasteiger charge is 2.16. The first kappa shape index (κ1) is 24.7. The summed E-state index contributed by atoms with van der Waals surface area (Å²) >= 11 is 0. The predicted octanol–water partition coefficient (Wildman–Crippen LogP) is 6.88. The molecular weight excluding hydrogens is 344 g/mol. The molecule has 0 spiro atoms. The first-order valence-corrected chi connectivity index (χ1v) is 11.8. The van der Waals surface area contributed by atoms with Crippen LogP contribution in [0.15, 0.2) is 30.3 Å². The van der Waals surface area contributed by atoms with Gasteiger partial charge in [-0.3, -0.25) is 9.79 Å². The van der Waals surface area contributed by atoms with Crippen molar-refractivity contribution in [2.24, 2.45) is 4.99 Å². The minimum atomic E-state index is 0.448. The molecule has 0 saturated carbocycles. The van der Waals surface area contributed by atoms with Crippen LogP contribution in [0.5, 0.6) is 0 Å². The molecule has 0 saturated heterocycles. The minimum Gasteiger partial charge on any atom is -0.359 e. The molecule has 0 N–H and O–H groups in total. The van der Waals surface area contributed by atoms with Gasteiger partial charge in [0.25, 0.3) is 0 Å². The molecule has 1 aliphatic rings. The van der Waals surface area contributed by atoms with E-state index in [1.807, 2.05) is 12.2 Å². The average Bonchev–Trinajstić information content (AvgIpc) is 3.14. The number of allylic oxidation sites excluding steroid dienone is 2. The lowest BCUT2D eigenvalue weighted by molar-refractivity contribution is -0.119. The zero-order valence-corrected chi connectivity index (χ0v) is 18.3. The maximum absolute atomic E-state index is 12.1. The molecule has 0 aromatic heterocycles. The standard InChI is InChI=1S/C25H44N2O/c1-3-5-7-9-11-13-15-18-24(28)19-17-22-27-23-21-26-25(27)20-16-14-12-10-8-6-4-2/h3-4H,1-2,5-23H2. The molecular formula is C25H44N2O. The molecule has 1 rings (SSSR count). The second-order valence-electron chi connectivity index (χ2n) is 8.12. The van der Waals surface area contributed by atoms with E-state index >= 15 is 0 Å². The van der Waals surface area contributed by atoms with Crippen molar-refractivity contribution in [3.63, 3.8) is 0 Å². The monoisotopic (exact) mass is 388 g/mol. The van der Waals surface area contributed by atoms with E-state index in [2.05, 4.69) is 18.1 Å². The van der Waals surface area contributed by atoms with Crippen LogP contribution in [0, 0.1) is 0 Å². The molecule has 3 nitrogen and oxygen atoms in total. The summed E-state index contributed by atoms with van der Waals surface area (Å²) in [5.41, 5.74) is 0. The number of carbonyl (C=O) groups is 1. The van der Waals surface area contributed by atoms with Gasteiger partial charge in [-0.15, -0.1) is 13.2 Å². The highest BCUT2D eigenvalue weighted by Crippen LogP contribution is 2.14. The third-order valence-corrected chi connectivity index (χ3v) is 5.59. The van der Waals surface area contributed by atoms with Gasteiger partial charge in [-0.25, -0.2) is 0 Å². The lowest BCUT2D eigenvalue weighted by Crippen LogP contribution is -2.29. The molecule has 0 aromatic rings. The van der Waals surface area contributed by atoms with Gasteiger partial charge in [0.1, 0.15) is 5.78 Å². The van der Waals surface area contributed by atoms with Crippen LogP contribution in [0.3, 0.4) is 0 Å². The maximum Gasteiger partial charge on any atom is 0.132 e. The van der Waals surface area contributed by atoms with Crippen LogP contribution in [0.4, 0.5) is 0 Å². The fourth-order valence-electron chi connectivity index (χ4n) is 3.84. The normalized spacial score (nSPS) is 13.6. The Kier molecular flexibility index (Phi) is 15.6. The second kappa shape index (κ2) is 17.7. The summed E-state index contributed by atoms with van der Waals surface area (Å²) in [6.45, 7) is 10.5. The van der Waals surface area contributed by atoms with Crippen LogP contribution >= 0.6 is 0 Å². The predicted molar refractivity (Wildman–Crippen MR) is 123 cm³/mol. The highest BCUT2D eigenvalue weighted by atomic mass is 16.1. The molecule has 0 radical (unpaired) electrons. The fourth-order valence-corrected chi connectivity index (χ4v) is 3.84. The molecule has 28 heavy (non-hydrogen) atoms. The molecule has 1 aliphatic heterocycles. The number of carbonyl (C=O) groups excluding carboxylic acids is 1. The van der Waals surface area contributed by atoms with Crippen molar-refractivity contribution in [1.82, 2.24) is 4.90 Å². The van der Waals surface area contributed by atoms with E-state index in [1.165, 1.54) is 63.6 Å². The zero-order chi connectivity index (χ0) is 20.3. The number of hydrogen-bond donors (Lipinski definition) is 0.